The van der Waals surface area contributed by atoms with Crippen LogP contribution >= 0.6 is 0 Å². The molecule has 0 radical (unpaired) electrons. The van der Waals surface area contributed by atoms with Gasteiger partial charge in [0.2, 0.25) is 5.89 Å². The number of fused-ring (bicyclic) bond motifs is 1. The monoisotopic (exact) mass is 460 g/mol. The number of hydrogen-bond donors (Lipinski definition) is 0. The first-order chi connectivity index (χ1) is 15.9. The fraction of sp³-hybridized carbons (Fsp3) is 0.120. The molecular weight excluding hydrogens is 440 g/mol. The number of nitrogens with zero attached hydrogens (tertiary/aromatic N) is 2. The van der Waals surface area contributed by atoms with Gasteiger partial charge in [0.1, 0.15) is 22.1 Å². The summed E-state index contributed by atoms with van der Waals surface area (Å²) >= 11 is 0. The molecule has 1 aromatic heterocycles. The SMILES string of the molecule is CCOc1cc(/C=C(\C#N)c2nc3ccccc3o2)ccc1OS(=O)(=O)c1ccc(C)cc1. The van der Waals surface area contributed by atoms with Gasteiger partial charge in [-0.2, -0.15) is 13.7 Å². The fourth-order valence-electron chi connectivity index (χ4n) is 3.12. The molecule has 0 bridgehead atoms. The summed E-state index contributed by atoms with van der Waals surface area (Å²) in [5, 5.41) is 9.64. The van der Waals surface area contributed by atoms with Gasteiger partial charge in [-0.3, -0.25) is 0 Å². The highest BCUT2D eigenvalue weighted by Gasteiger charge is 2.20. The molecule has 4 rings (SSSR count). The Morgan fingerprint density at radius 3 is 2.55 bits per heavy atom. The average molecular weight is 461 g/mol. The highest BCUT2D eigenvalue weighted by molar-refractivity contribution is 7.87. The molecule has 0 aliphatic heterocycles. The highest BCUT2D eigenvalue weighted by Crippen LogP contribution is 2.33. The number of allylic oxidation sites excluding steroid dienone is 1. The Balaban J connectivity index is 1.67. The zero-order chi connectivity index (χ0) is 23.4. The molecule has 0 aliphatic rings. The number of aryl methyl sites for hydroxylation is 1. The molecule has 0 saturated heterocycles. The molecule has 33 heavy (non-hydrogen) atoms. The van der Waals surface area contributed by atoms with E-state index in [4.69, 9.17) is 13.3 Å². The standard InChI is InChI=1S/C25H20N2O5S/c1-3-30-24-15-18(14-19(16-26)25-27-21-6-4-5-7-22(21)31-25)10-13-23(24)32-33(28,29)20-11-8-17(2)9-12-20/h4-15H,3H2,1-2H3/b19-14+. The maximum absolute atomic E-state index is 12.7. The lowest BCUT2D eigenvalue weighted by atomic mass is 10.1. The maximum Gasteiger partial charge on any atom is 0.339 e. The third-order valence-electron chi connectivity index (χ3n) is 4.73. The van der Waals surface area contributed by atoms with Gasteiger partial charge in [0.25, 0.3) is 0 Å². The summed E-state index contributed by atoms with van der Waals surface area (Å²) in [5.41, 5.74) is 2.97. The lowest BCUT2D eigenvalue weighted by Gasteiger charge is -2.13. The van der Waals surface area contributed by atoms with Crippen LogP contribution in [0, 0.1) is 18.3 Å². The highest BCUT2D eigenvalue weighted by atomic mass is 32.2. The van der Waals surface area contributed by atoms with Crippen molar-refractivity contribution in [1.82, 2.24) is 4.98 Å². The summed E-state index contributed by atoms with van der Waals surface area (Å²) in [5.74, 6) is 0.477. The summed E-state index contributed by atoms with van der Waals surface area (Å²) in [6.07, 6.45) is 1.59. The molecule has 7 nitrogen and oxygen atoms in total. The lowest BCUT2D eigenvalue weighted by molar-refractivity contribution is 0.327. The van der Waals surface area contributed by atoms with Crippen LogP contribution in [0.25, 0.3) is 22.7 Å². The summed E-state index contributed by atoms with van der Waals surface area (Å²) < 4.78 is 42.0. The Morgan fingerprint density at radius 1 is 1.09 bits per heavy atom. The second-order valence-electron chi connectivity index (χ2n) is 7.15. The van der Waals surface area contributed by atoms with Gasteiger partial charge in [-0.15, -0.1) is 0 Å². The van der Waals surface area contributed by atoms with Crippen LogP contribution in [0.4, 0.5) is 0 Å². The van der Waals surface area contributed by atoms with Gasteiger partial charge in [-0.25, -0.2) is 4.98 Å². The lowest BCUT2D eigenvalue weighted by Crippen LogP contribution is -2.10. The third-order valence-corrected chi connectivity index (χ3v) is 5.98. The molecule has 0 unspecified atom stereocenters. The van der Waals surface area contributed by atoms with E-state index in [0.29, 0.717) is 23.3 Å². The van der Waals surface area contributed by atoms with E-state index < -0.39 is 10.1 Å². The topological polar surface area (TPSA) is 102 Å². The minimum atomic E-state index is -4.04. The third kappa shape index (κ3) is 4.89. The number of hydrogen-bond acceptors (Lipinski definition) is 7. The number of rotatable bonds is 7. The molecule has 0 aliphatic carbocycles. The zero-order valence-corrected chi connectivity index (χ0v) is 18.8. The second-order valence-corrected chi connectivity index (χ2v) is 8.69. The van der Waals surface area contributed by atoms with E-state index in [-0.39, 0.29) is 27.9 Å². The normalized spacial score (nSPS) is 11.8. The van der Waals surface area contributed by atoms with Gasteiger partial charge in [0.15, 0.2) is 17.1 Å². The van der Waals surface area contributed by atoms with E-state index in [1.165, 1.54) is 18.2 Å². The molecule has 0 fully saturated rings. The van der Waals surface area contributed by atoms with E-state index in [2.05, 4.69) is 11.1 Å². The van der Waals surface area contributed by atoms with Gasteiger partial charge in [-0.05, 0) is 61.9 Å². The van der Waals surface area contributed by atoms with Crippen molar-refractivity contribution in [2.75, 3.05) is 6.61 Å². The van der Waals surface area contributed by atoms with Crippen LogP contribution in [0.2, 0.25) is 0 Å². The fourth-order valence-corrected chi connectivity index (χ4v) is 4.06. The van der Waals surface area contributed by atoms with Gasteiger partial charge in [0, 0.05) is 0 Å². The van der Waals surface area contributed by atoms with E-state index in [9.17, 15) is 13.7 Å². The van der Waals surface area contributed by atoms with Crippen molar-refractivity contribution in [2.45, 2.75) is 18.7 Å². The molecule has 4 aromatic rings. The Labute approximate surface area is 191 Å². The Morgan fingerprint density at radius 2 is 1.85 bits per heavy atom. The number of aromatic nitrogens is 1. The largest absolute Gasteiger partial charge is 0.490 e. The molecule has 0 amide bonds. The van der Waals surface area contributed by atoms with E-state index in [1.54, 1.807) is 49.4 Å². The zero-order valence-electron chi connectivity index (χ0n) is 18.0. The van der Waals surface area contributed by atoms with Crippen LogP contribution in [0.5, 0.6) is 11.5 Å². The molecular formula is C25H20N2O5S. The Kier molecular flexibility index (Phi) is 6.16. The van der Waals surface area contributed by atoms with Crippen LogP contribution < -0.4 is 8.92 Å². The molecule has 0 N–H and O–H groups in total. The number of oxazole rings is 1. The van der Waals surface area contributed by atoms with E-state index in [0.717, 1.165) is 5.56 Å². The predicted molar refractivity (Wildman–Crippen MR) is 124 cm³/mol. The van der Waals surface area contributed by atoms with Crippen molar-refractivity contribution in [3.63, 3.8) is 0 Å². The molecule has 166 valence electrons. The first-order valence-electron chi connectivity index (χ1n) is 10.2. The van der Waals surface area contributed by atoms with Crippen LogP contribution in [-0.4, -0.2) is 20.0 Å². The van der Waals surface area contributed by atoms with Crippen molar-refractivity contribution >= 4 is 32.9 Å². The molecule has 3 aromatic carbocycles. The van der Waals surface area contributed by atoms with Crippen molar-refractivity contribution < 1.29 is 21.8 Å². The molecule has 0 saturated carbocycles. The van der Waals surface area contributed by atoms with E-state index >= 15 is 0 Å². The van der Waals surface area contributed by atoms with Gasteiger partial charge >= 0.3 is 10.1 Å². The van der Waals surface area contributed by atoms with Crippen molar-refractivity contribution in [3.8, 4) is 17.6 Å². The van der Waals surface area contributed by atoms with Gasteiger partial charge in [0.05, 0.1) is 6.61 Å². The summed E-state index contributed by atoms with van der Waals surface area (Å²) in [7, 11) is -4.04. The second kappa shape index (κ2) is 9.18. The van der Waals surface area contributed by atoms with Gasteiger partial charge < -0.3 is 13.3 Å². The summed E-state index contributed by atoms with van der Waals surface area (Å²) in [6, 6.07) is 20.4. The van der Waals surface area contributed by atoms with Crippen LogP contribution in [0.1, 0.15) is 23.9 Å². The van der Waals surface area contributed by atoms with Crippen LogP contribution in [0.3, 0.4) is 0 Å². The number of benzene rings is 3. The first-order valence-corrected chi connectivity index (χ1v) is 11.6. The smallest absolute Gasteiger partial charge is 0.339 e. The maximum atomic E-state index is 12.7. The van der Waals surface area contributed by atoms with Crippen LogP contribution in [0.15, 0.2) is 76.0 Å². The predicted octanol–water partition coefficient (Wildman–Crippen LogP) is 5.37. The number of nitriles is 1. The first kappa shape index (κ1) is 22.1. The average Bonchev–Trinajstić information content (AvgIpc) is 3.23. The quantitative estimate of drug-likeness (QED) is 0.270. The minimum absolute atomic E-state index is 0.0437. The summed E-state index contributed by atoms with van der Waals surface area (Å²) in [6.45, 7) is 3.94. The molecule has 0 atom stereocenters. The Bertz CT molecular complexity index is 1450. The van der Waals surface area contributed by atoms with Crippen molar-refractivity contribution in [2.24, 2.45) is 0 Å². The summed E-state index contributed by atoms with van der Waals surface area (Å²) in [4.78, 5) is 4.40. The van der Waals surface area contributed by atoms with Crippen LogP contribution in [-0.2, 0) is 10.1 Å². The van der Waals surface area contributed by atoms with Gasteiger partial charge in [-0.1, -0.05) is 35.9 Å². The number of para-hydroxylation sites is 2. The molecule has 1 heterocycles. The minimum Gasteiger partial charge on any atom is -0.490 e. The van der Waals surface area contributed by atoms with E-state index in [1.807, 2.05) is 19.1 Å². The molecule has 8 heteroatoms. The van der Waals surface area contributed by atoms with Crippen molar-refractivity contribution in [1.29, 1.82) is 5.26 Å². The number of ether oxygens (including phenoxy) is 1. The Hall–Kier alpha value is -4.09. The van der Waals surface area contributed by atoms with Crippen molar-refractivity contribution in [3.05, 3.63) is 83.7 Å². The molecule has 0 spiro atoms.